The lowest BCUT2D eigenvalue weighted by atomic mass is 10.1. The van der Waals surface area contributed by atoms with Crippen LogP contribution in [-0.4, -0.2) is 0 Å². The second-order valence-corrected chi connectivity index (χ2v) is 2.86. The second kappa shape index (κ2) is 5.22. The van der Waals surface area contributed by atoms with Crippen LogP contribution in [-0.2, 0) is 0 Å². The van der Waals surface area contributed by atoms with E-state index in [0.29, 0.717) is 10.6 Å². The number of rotatable bonds is 2. The van der Waals surface area contributed by atoms with Crippen LogP contribution < -0.4 is 5.73 Å². The Hall–Kier alpha value is -0.570. The molecule has 0 unspecified atom stereocenters. The van der Waals surface area contributed by atoms with Crippen molar-refractivity contribution in [1.29, 1.82) is 0 Å². The topological polar surface area (TPSA) is 26.0 Å². The van der Waals surface area contributed by atoms with E-state index in [-0.39, 0.29) is 18.2 Å². The fourth-order valence-corrected chi connectivity index (χ4v) is 1.08. The van der Waals surface area contributed by atoms with Gasteiger partial charge >= 0.3 is 0 Å². The molecule has 1 nitrogen and oxygen atoms in total. The van der Waals surface area contributed by atoms with Crippen molar-refractivity contribution in [2.75, 3.05) is 0 Å². The molecule has 0 saturated heterocycles. The minimum absolute atomic E-state index is 0. The van der Waals surface area contributed by atoms with Crippen molar-refractivity contribution >= 4 is 24.0 Å². The average molecular weight is 222 g/mol. The molecule has 1 rings (SSSR count). The van der Waals surface area contributed by atoms with Crippen LogP contribution in [0.3, 0.4) is 0 Å². The molecule has 0 saturated carbocycles. The van der Waals surface area contributed by atoms with Crippen molar-refractivity contribution in [3.05, 3.63) is 47.3 Å². The summed E-state index contributed by atoms with van der Waals surface area (Å²) in [5.74, 6) is -0.355. The molecule has 0 aliphatic heterocycles. The highest BCUT2D eigenvalue weighted by Gasteiger charge is 2.07. The van der Waals surface area contributed by atoms with Crippen LogP contribution in [0.2, 0.25) is 5.02 Å². The van der Waals surface area contributed by atoms with Gasteiger partial charge in [-0.2, -0.15) is 0 Å². The predicted octanol–water partition coefficient (Wildman–Crippen LogP) is 3.09. The number of hydrogen-bond acceptors (Lipinski definition) is 1. The molecular formula is C9H10Cl2FN. The van der Waals surface area contributed by atoms with Gasteiger partial charge in [-0.25, -0.2) is 4.39 Å². The van der Waals surface area contributed by atoms with Gasteiger partial charge in [0.05, 0.1) is 6.04 Å². The Balaban J connectivity index is 0.00000144. The largest absolute Gasteiger partial charge is 0.321 e. The Morgan fingerprint density at radius 1 is 1.54 bits per heavy atom. The summed E-state index contributed by atoms with van der Waals surface area (Å²) < 4.78 is 13.0. The molecule has 0 heterocycles. The first-order chi connectivity index (χ1) is 5.65. The Labute approximate surface area is 87.8 Å². The summed E-state index contributed by atoms with van der Waals surface area (Å²) in [5, 5.41) is 0.476. The quantitative estimate of drug-likeness (QED) is 0.764. The summed E-state index contributed by atoms with van der Waals surface area (Å²) in [6.45, 7) is 3.47. The number of hydrogen-bond donors (Lipinski definition) is 1. The fraction of sp³-hybridized carbons (Fsp3) is 0.111. The molecule has 0 fully saturated rings. The Morgan fingerprint density at radius 3 is 2.69 bits per heavy atom. The third-order valence-corrected chi connectivity index (χ3v) is 1.81. The minimum Gasteiger partial charge on any atom is -0.321 e. The summed E-state index contributed by atoms with van der Waals surface area (Å²) >= 11 is 5.66. The first-order valence-electron chi connectivity index (χ1n) is 3.48. The third kappa shape index (κ3) is 2.99. The van der Waals surface area contributed by atoms with E-state index in [9.17, 15) is 4.39 Å². The van der Waals surface area contributed by atoms with E-state index in [1.807, 2.05) is 0 Å². The van der Waals surface area contributed by atoms with Gasteiger partial charge in [0.1, 0.15) is 5.82 Å². The van der Waals surface area contributed by atoms with Gasteiger partial charge in [0.25, 0.3) is 0 Å². The fourth-order valence-electron chi connectivity index (χ4n) is 0.897. The molecule has 13 heavy (non-hydrogen) atoms. The minimum atomic E-state index is -0.497. The van der Waals surface area contributed by atoms with Crippen LogP contribution in [0.4, 0.5) is 4.39 Å². The van der Waals surface area contributed by atoms with Crippen molar-refractivity contribution in [1.82, 2.24) is 0 Å². The molecule has 4 heteroatoms. The molecule has 0 aromatic heterocycles. The van der Waals surface area contributed by atoms with Gasteiger partial charge in [-0.15, -0.1) is 19.0 Å². The molecule has 1 atom stereocenters. The van der Waals surface area contributed by atoms with Crippen molar-refractivity contribution < 1.29 is 4.39 Å². The molecule has 1 aromatic carbocycles. The lowest BCUT2D eigenvalue weighted by Crippen LogP contribution is -2.08. The van der Waals surface area contributed by atoms with Crippen molar-refractivity contribution in [2.45, 2.75) is 6.04 Å². The van der Waals surface area contributed by atoms with Gasteiger partial charge < -0.3 is 5.73 Å². The van der Waals surface area contributed by atoms with E-state index in [0.717, 1.165) is 0 Å². The van der Waals surface area contributed by atoms with E-state index in [2.05, 4.69) is 6.58 Å². The zero-order valence-corrected chi connectivity index (χ0v) is 8.41. The van der Waals surface area contributed by atoms with Crippen LogP contribution in [0.5, 0.6) is 0 Å². The van der Waals surface area contributed by atoms with Gasteiger partial charge in [0.15, 0.2) is 0 Å². The highest BCUT2D eigenvalue weighted by Crippen LogP contribution is 2.20. The Morgan fingerprint density at radius 2 is 2.15 bits per heavy atom. The van der Waals surface area contributed by atoms with E-state index in [1.54, 1.807) is 0 Å². The van der Waals surface area contributed by atoms with Crippen LogP contribution in [0.25, 0.3) is 0 Å². The van der Waals surface area contributed by atoms with Crippen molar-refractivity contribution in [3.8, 4) is 0 Å². The van der Waals surface area contributed by atoms with Gasteiger partial charge in [-0.1, -0.05) is 17.7 Å². The molecule has 1 aromatic rings. The monoisotopic (exact) mass is 221 g/mol. The van der Waals surface area contributed by atoms with Crippen molar-refractivity contribution in [2.24, 2.45) is 5.73 Å². The van der Waals surface area contributed by atoms with E-state index in [4.69, 9.17) is 17.3 Å². The Kier molecular flexibility index (Phi) is 4.99. The van der Waals surface area contributed by atoms with E-state index < -0.39 is 6.04 Å². The Bertz CT molecular complexity index is 302. The maximum absolute atomic E-state index is 13.0. The van der Waals surface area contributed by atoms with Crippen LogP contribution in [0, 0.1) is 5.82 Å². The molecular weight excluding hydrogens is 212 g/mol. The van der Waals surface area contributed by atoms with E-state index >= 15 is 0 Å². The SMILES string of the molecule is C=C[C@H](N)c1cc(Cl)ccc1F.Cl. The molecule has 0 aliphatic rings. The first kappa shape index (κ1) is 12.4. The van der Waals surface area contributed by atoms with Crippen LogP contribution in [0.1, 0.15) is 11.6 Å². The maximum Gasteiger partial charge on any atom is 0.128 e. The number of nitrogens with two attached hydrogens (primary N) is 1. The zero-order chi connectivity index (χ0) is 9.14. The molecule has 0 aliphatic carbocycles. The second-order valence-electron chi connectivity index (χ2n) is 2.43. The molecule has 0 bridgehead atoms. The lowest BCUT2D eigenvalue weighted by Gasteiger charge is -2.07. The van der Waals surface area contributed by atoms with Gasteiger partial charge in [0, 0.05) is 10.6 Å². The van der Waals surface area contributed by atoms with E-state index in [1.165, 1.54) is 24.3 Å². The predicted molar refractivity (Wildman–Crippen MR) is 55.8 cm³/mol. The highest BCUT2D eigenvalue weighted by molar-refractivity contribution is 6.30. The standard InChI is InChI=1S/C9H9ClFN.ClH/c1-2-9(12)7-5-6(10)3-4-8(7)11;/h2-5,9H,1,12H2;1H/t9-;/m0./s1. The summed E-state index contributed by atoms with van der Waals surface area (Å²) in [7, 11) is 0. The number of benzene rings is 1. The zero-order valence-electron chi connectivity index (χ0n) is 6.84. The van der Waals surface area contributed by atoms with Crippen molar-refractivity contribution in [3.63, 3.8) is 0 Å². The summed E-state index contributed by atoms with van der Waals surface area (Å²) in [6, 6.07) is 3.78. The molecule has 0 amide bonds. The summed E-state index contributed by atoms with van der Waals surface area (Å²) in [6.07, 6.45) is 1.47. The molecule has 0 spiro atoms. The van der Waals surface area contributed by atoms with Crippen LogP contribution >= 0.6 is 24.0 Å². The summed E-state index contributed by atoms with van der Waals surface area (Å²) in [5.41, 5.74) is 5.92. The highest BCUT2D eigenvalue weighted by atomic mass is 35.5. The summed E-state index contributed by atoms with van der Waals surface area (Å²) in [4.78, 5) is 0. The van der Waals surface area contributed by atoms with Gasteiger partial charge in [-0.05, 0) is 18.2 Å². The third-order valence-electron chi connectivity index (χ3n) is 1.57. The van der Waals surface area contributed by atoms with Gasteiger partial charge in [0.2, 0.25) is 0 Å². The molecule has 0 radical (unpaired) electrons. The average Bonchev–Trinajstić information content (AvgIpc) is 2.08. The normalized spacial score (nSPS) is 11.6. The molecule has 72 valence electrons. The smallest absolute Gasteiger partial charge is 0.128 e. The van der Waals surface area contributed by atoms with Crippen LogP contribution in [0.15, 0.2) is 30.9 Å². The van der Waals surface area contributed by atoms with Gasteiger partial charge in [-0.3, -0.25) is 0 Å². The first-order valence-corrected chi connectivity index (χ1v) is 3.86. The number of halogens is 3. The maximum atomic E-state index is 13.0. The lowest BCUT2D eigenvalue weighted by molar-refractivity contribution is 0.602. The molecule has 2 N–H and O–H groups in total.